The van der Waals surface area contributed by atoms with Crippen molar-refractivity contribution in [2.75, 3.05) is 26.3 Å². The molecule has 1 N–H and O–H groups in total. The van der Waals surface area contributed by atoms with Gasteiger partial charge in [-0.05, 0) is 49.1 Å². The van der Waals surface area contributed by atoms with E-state index in [1.165, 1.54) is 5.56 Å². The van der Waals surface area contributed by atoms with Gasteiger partial charge < -0.3 is 9.84 Å². The first-order chi connectivity index (χ1) is 11.1. The van der Waals surface area contributed by atoms with Crippen molar-refractivity contribution in [2.24, 2.45) is 11.8 Å². The average Bonchev–Trinajstić information content (AvgIpc) is 2.60. The molecule has 2 saturated heterocycles. The molecule has 2 fully saturated rings. The van der Waals surface area contributed by atoms with Crippen molar-refractivity contribution >= 4 is 0 Å². The molecule has 0 saturated carbocycles. The number of hydrogen-bond acceptors (Lipinski definition) is 4. The zero-order chi connectivity index (χ0) is 16.3. The molecule has 4 heteroatoms. The van der Waals surface area contributed by atoms with Gasteiger partial charge in [-0.3, -0.25) is 9.88 Å². The fourth-order valence-electron chi connectivity index (χ4n) is 4.15. The Kier molecular flexibility index (Phi) is 5.34. The number of aromatic nitrogens is 1. The molecule has 2 aliphatic heterocycles. The van der Waals surface area contributed by atoms with Crippen LogP contribution in [0.15, 0.2) is 18.3 Å². The first-order valence-electron chi connectivity index (χ1n) is 9.08. The van der Waals surface area contributed by atoms with Crippen molar-refractivity contribution in [3.63, 3.8) is 0 Å². The third-order valence-electron chi connectivity index (χ3n) is 5.82. The number of hydrogen-bond donors (Lipinski definition) is 1. The first kappa shape index (κ1) is 16.9. The van der Waals surface area contributed by atoms with Gasteiger partial charge in [0.1, 0.15) is 0 Å². The second-order valence-electron chi connectivity index (χ2n) is 7.28. The lowest BCUT2D eigenvalue weighted by molar-refractivity contribution is -0.131. The summed E-state index contributed by atoms with van der Waals surface area (Å²) in [7, 11) is 0. The van der Waals surface area contributed by atoms with Gasteiger partial charge >= 0.3 is 0 Å². The molecule has 0 amide bonds. The molecule has 4 nitrogen and oxygen atoms in total. The highest BCUT2D eigenvalue weighted by Crippen LogP contribution is 2.39. The Morgan fingerprint density at radius 3 is 2.74 bits per heavy atom. The number of piperidine rings is 1. The largest absolute Gasteiger partial charge is 0.389 e. The first-order valence-corrected chi connectivity index (χ1v) is 9.08. The smallest absolute Gasteiger partial charge is 0.0727 e. The maximum atomic E-state index is 11.2. The average molecular weight is 318 g/mol. The Morgan fingerprint density at radius 2 is 2.13 bits per heavy atom. The van der Waals surface area contributed by atoms with E-state index in [-0.39, 0.29) is 0 Å². The second kappa shape index (κ2) is 7.29. The van der Waals surface area contributed by atoms with Crippen LogP contribution in [0.1, 0.15) is 44.4 Å². The molecule has 3 heterocycles. The molecule has 1 aromatic rings. The summed E-state index contributed by atoms with van der Waals surface area (Å²) in [6.07, 6.45) is 5.89. The molecule has 0 radical (unpaired) electrons. The molecule has 2 aliphatic rings. The van der Waals surface area contributed by atoms with Gasteiger partial charge in [-0.15, -0.1) is 0 Å². The van der Waals surface area contributed by atoms with Crippen LogP contribution in [-0.2, 0) is 17.7 Å². The summed E-state index contributed by atoms with van der Waals surface area (Å²) in [5.41, 5.74) is 1.90. The normalized spacial score (nSPS) is 30.5. The van der Waals surface area contributed by atoms with Crippen LogP contribution in [0.2, 0.25) is 0 Å². The van der Waals surface area contributed by atoms with Crippen LogP contribution >= 0.6 is 0 Å². The molecule has 0 aliphatic carbocycles. The SMILES string of the molecule is CCc1ccc(CN2CC[C@@](O)(C3CCOCC3)[C@H](C)C2)nc1. The molecule has 0 unspecified atom stereocenters. The number of aryl methyl sites for hydroxylation is 1. The van der Waals surface area contributed by atoms with Crippen LogP contribution in [0.25, 0.3) is 0 Å². The van der Waals surface area contributed by atoms with Gasteiger partial charge in [0.2, 0.25) is 0 Å². The molecule has 128 valence electrons. The number of nitrogens with zero attached hydrogens (tertiary/aromatic N) is 2. The molecule has 23 heavy (non-hydrogen) atoms. The number of likely N-dealkylation sites (tertiary alicyclic amines) is 1. The van der Waals surface area contributed by atoms with Gasteiger partial charge in [0.25, 0.3) is 0 Å². The fourth-order valence-corrected chi connectivity index (χ4v) is 4.15. The van der Waals surface area contributed by atoms with E-state index < -0.39 is 5.60 Å². The summed E-state index contributed by atoms with van der Waals surface area (Å²) in [5, 5.41) is 11.2. The Hall–Kier alpha value is -0.970. The summed E-state index contributed by atoms with van der Waals surface area (Å²) in [4.78, 5) is 7.01. The maximum Gasteiger partial charge on any atom is 0.0727 e. The third kappa shape index (κ3) is 3.76. The van der Waals surface area contributed by atoms with Crippen molar-refractivity contribution < 1.29 is 9.84 Å². The van der Waals surface area contributed by atoms with Crippen LogP contribution in [-0.4, -0.2) is 46.9 Å². The van der Waals surface area contributed by atoms with Crippen LogP contribution < -0.4 is 0 Å². The van der Waals surface area contributed by atoms with Crippen molar-refractivity contribution in [3.05, 3.63) is 29.6 Å². The third-order valence-corrected chi connectivity index (χ3v) is 5.82. The molecule has 1 aromatic heterocycles. The Bertz CT molecular complexity index is 499. The number of rotatable bonds is 4. The van der Waals surface area contributed by atoms with Crippen molar-refractivity contribution in [1.29, 1.82) is 0 Å². The standard InChI is InChI=1S/C19H30N2O2/c1-3-16-4-5-18(20-12-16)14-21-9-8-19(22,15(2)13-21)17-6-10-23-11-7-17/h4-5,12,15,17,22H,3,6-11,13-14H2,1-2H3/t15-,19+/m1/s1. The second-order valence-corrected chi connectivity index (χ2v) is 7.28. The molecular formula is C19H30N2O2. The Morgan fingerprint density at radius 1 is 1.35 bits per heavy atom. The quantitative estimate of drug-likeness (QED) is 0.927. The van der Waals surface area contributed by atoms with Gasteiger partial charge in [0, 0.05) is 39.0 Å². The minimum Gasteiger partial charge on any atom is -0.389 e. The monoisotopic (exact) mass is 318 g/mol. The van der Waals surface area contributed by atoms with E-state index in [1.807, 2.05) is 6.20 Å². The van der Waals surface area contributed by atoms with E-state index in [4.69, 9.17) is 4.74 Å². The van der Waals surface area contributed by atoms with Crippen LogP contribution in [0.3, 0.4) is 0 Å². The van der Waals surface area contributed by atoms with Crippen molar-refractivity contribution in [3.8, 4) is 0 Å². The highest BCUT2D eigenvalue weighted by Gasteiger charge is 2.45. The van der Waals surface area contributed by atoms with E-state index in [2.05, 4.69) is 35.9 Å². The van der Waals surface area contributed by atoms with Crippen LogP contribution in [0, 0.1) is 11.8 Å². The molecule has 3 rings (SSSR count). The van der Waals surface area contributed by atoms with Crippen molar-refractivity contribution in [1.82, 2.24) is 9.88 Å². The van der Waals surface area contributed by atoms with Gasteiger partial charge in [0.15, 0.2) is 0 Å². The highest BCUT2D eigenvalue weighted by molar-refractivity contribution is 5.14. The van der Waals surface area contributed by atoms with Crippen LogP contribution in [0.4, 0.5) is 0 Å². The maximum absolute atomic E-state index is 11.2. The molecular weight excluding hydrogens is 288 g/mol. The molecule has 2 atom stereocenters. The van der Waals surface area contributed by atoms with E-state index in [0.717, 1.165) is 64.2 Å². The summed E-state index contributed by atoms with van der Waals surface area (Å²) in [5.74, 6) is 0.699. The molecule has 0 aromatic carbocycles. The summed E-state index contributed by atoms with van der Waals surface area (Å²) in [6, 6.07) is 4.32. The van der Waals surface area contributed by atoms with Gasteiger partial charge in [0.05, 0.1) is 11.3 Å². The zero-order valence-electron chi connectivity index (χ0n) is 14.5. The van der Waals surface area contributed by atoms with Crippen LogP contribution in [0.5, 0.6) is 0 Å². The molecule has 0 bridgehead atoms. The summed E-state index contributed by atoms with van der Waals surface area (Å²) in [6.45, 7) is 8.75. The lowest BCUT2D eigenvalue weighted by Crippen LogP contribution is -2.55. The van der Waals surface area contributed by atoms with Gasteiger partial charge in [-0.1, -0.05) is 19.9 Å². The Labute approximate surface area is 139 Å². The van der Waals surface area contributed by atoms with E-state index in [0.29, 0.717) is 11.8 Å². The lowest BCUT2D eigenvalue weighted by atomic mass is 9.70. The summed E-state index contributed by atoms with van der Waals surface area (Å²) >= 11 is 0. The topological polar surface area (TPSA) is 45.6 Å². The summed E-state index contributed by atoms with van der Waals surface area (Å²) < 4.78 is 5.46. The lowest BCUT2D eigenvalue weighted by Gasteiger charge is -2.48. The predicted octanol–water partition coefficient (Wildman–Crippen LogP) is 2.64. The van der Waals surface area contributed by atoms with Gasteiger partial charge in [-0.2, -0.15) is 0 Å². The van der Waals surface area contributed by atoms with Crippen molar-refractivity contribution in [2.45, 2.75) is 51.7 Å². The predicted molar refractivity (Wildman–Crippen MR) is 91.2 cm³/mol. The number of aliphatic hydroxyl groups is 1. The number of pyridine rings is 1. The van der Waals surface area contributed by atoms with Gasteiger partial charge in [-0.25, -0.2) is 0 Å². The Balaban J connectivity index is 1.58. The highest BCUT2D eigenvalue weighted by atomic mass is 16.5. The van der Waals surface area contributed by atoms with E-state index >= 15 is 0 Å². The minimum absolute atomic E-state index is 0.300. The fraction of sp³-hybridized carbons (Fsp3) is 0.737. The molecule has 0 spiro atoms. The van der Waals surface area contributed by atoms with E-state index in [9.17, 15) is 5.11 Å². The zero-order valence-corrected chi connectivity index (χ0v) is 14.5. The number of ether oxygens (including phenoxy) is 1. The van der Waals surface area contributed by atoms with E-state index in [1.54, 1.807) is 0 Å². The minimum atomic E-state index is -0.514.